The number of anilines is 1. The zero-order valence-corrected chi connectivity index (χ0v) is 13.1. The second kappa shape index (κ2) is 6.25. The van der Waals surface area contributed by atoms with Gasteiger partial charge in [0.25, 0.3) is 0 Å². The third kappa shape index (κ3) is 4.12. The van der Waals surface area contributed by atoms with Crippen LogP contribution in [0.25, 0.3) is 0 Å². The maximum absolute atomic E-state index is 12.7. The van der Waals surface area contributed by atoms with Crippen LogP contribution in [0.15, 0.2) is 22.7 Å². The summed E-state index contributed by atoms with van der Waals surface area (Å²) in [4.78, 5) is 13.0. The van der Waals surface area contributed by atoms with Gasteiger partial charge in [-0.05, 0) is 47.0 Å². The van der Waals surface area contributed by atoms with Crippen LogP contribution >= 0.6 is 15.9 Å². The van der Waals surface area contributed by atoms with E-state index in [0.717, 1.165) is 25.0 Å². The molecule has 0 aliphatic carbocycles. The van der Waals surface area contributed by atoms with Gasteiger partial charge in [-0.3, -0.25) is 4.79 Å². The normalized spacial score (nSPS) is 16.9. The van der Waals surface area contributed by atoms with Crippen LogP contribution < -0.4 is 5.32 Å². The number of rotatable bonds is 2. The SMILES string of the molecule is CC(=O)N1CCC(Nc2cc(C(F)(F)F)ccc2Br)CC1. The van der Waals surface area contributed by atoms with Crippen LogP contribution in [-0.4, -0.2) is 29.9 Å². The average Bonchev–Trinajstić information content (AvgIpc) is 2.40. The van der Waals surface area contributed by atoms with Gasteiger partial charge >= 0.3 is 6.18 Å². The molecule has 0 aromatic heterocycles. The van der Waals surface area contributed by atoms with Crippen molar-refractivity contribution in [3.63, 3.8) is 0 Å². The lowest BCUT2D eigenvalue weighted by Crippen LogP contribution is -2.41. The van der Waals surface area contributed by atoms with E-state index in [4.69, 9.17) is 0 Å². The maximum Gasteiger partial charge on any atom is 0.416 e. The third-order valence-corrected chi connectivity index (χ3v) is 4.29. The van der Waals surface area contributed by atoms with Gasteiger partial charge in [0, 0.05) is 36.2 Å². The molecule has 0 bridgehead atoms. The lowest BCUT2D eigenvalue weighted by Gasteiger charge is -2.32. The largest absolute Gasteiger partial charge is 0.416 e. The molecule has 7 heteroatoms. The number of hydrogen-bond acceptors (Lipinski definition) is 2. The summed E-state index contributed by atoms with van der Waals surface area (Å²) in [6, 6.07) is 3.63. The van der Waals surface area contributed by atoms with Gasteiger partial charge in [0.15, 0.2) is 0 Å². The van der Waals surface area contributed by atoms with E-state index in [9.17, 15) is 18.0 Å². The number of likely N-dealkylation sites (tertiary alicyclic amines) is 1. The van der Waals surface area contributed by atoms with Gasteiger partial charge < -0.3 is 10.2 Å². The number of carbonyl (C=O) groups is 1. The minimum Gasteiger partial charge on any atom is -0.381 e. The number of amides is 1. The molecule has 116 valence electrons. The van der Waals surface area contributed by atoms with Crippen molar-refractivity contribution in [1.82, 2.24) is 4.90 Å². The highest BCUT2D eigenvalue weighted by atomic mass is 79.9. The van der Waals surface area contributed by atoms with Gasteiger partial charge in [-0.2, -0.15) is 13.2 Å². The van der Waals surface area contributed by atoms with Crippen molar-refractivity contribution in [3.8, 4) is 0 Å². The first-order valence-electron chi connectivity index (χ1n) is 6.66. The van der Waals surface area contributed by atoms with E-state index in [-0.39, 0.29) is 11.9 Å². The van der Waals surface area contributed by atoms with Gasteiger partial charge in [-0.15, -0.1) is 0 Å². The monoisotopic (exact) mass is 364 g/mol. The van der Waals surface area contributed by atoms with Crippen LogP contribution in [-0.2, 0) is 11.0 Å². The van der Waals surface area contributed by atoms with Gasteiger partial charge in [0.2, 0.25) is 5.91 Å². The first-order valence-corrected chi connectivity index (χ1v) is 7.45. The Balaban J connectivity index is 2.05. The number of carbonyl (C=O) groups excluding carboxylic acids is 1. The molecular weight excluding hydrogens is 349 g/mol. The maximum atomic E-state index is 12.7. The van der Waals surface area contributed by atoms with Crippen molar-refractivity contribution in [2.45, 2.75) is 32.0 Å². The van der Waals surface area contributed by atoms with Crippen molar-refractivity contribution >= 4 is 27.5 Å². The fourth-order valence-electron chi connectivity index (χ4n) is 2.37. The van der Waals surface area contributed by atoms with E-state index in [1.165, 1.54) is 13.0 Å². The molecule has 1 aromatic carbocycles. The number of benzene rings is 1. The summed E-state index contributed by atoms with van der Waals surface area (Å²) in [6.07, 6.45) is -2.90. The van der Waals surface area contributed by atoms with Gasteiger partial charge in [0.05, 0.1) is 5.56 Å². The van der Waals surface area contributed by atoms with E-state index in [1.54, 1.807) is 4.90 Å². The molecule has 0 spiro atoms. The van der Waals surface area contributed by atoms with Crippen molar-refractivity contribution < 1.29 is 18.0 Å². The molecule has 1 fully saturated rings. The quantitative estimate of drug-likeness (QED) is 0.863. The second-order valence-electron chi connectivity index (χ2n) is 5.12. The zero-order chi connectivity index (χ0) is 15.6. The van der Waals surface area contributed by atoms with Gasteiger partial charge in [0.1, 0.15) is 0 Å². The summed E-state index contributed by atoms with van der Waals surface area (Å²) in [5.41, 5.74) is -0.236. The topological polar surface area (TPSA) is 32.3 Å². The van der Waals surface area contributed by atoms with Crippen LogP contribution in [0, 0.1) is 0 Å². The van der Waals surface area contributed by atoms with Crippen LogP contribution in [0.4, 0.5) is 18.9 Å². The highest BCUT2D eigenvalue weighted by Crippen LogP contribution is 2.34. The van der Waals surface area contributed by atoms with Crippen LogP contribution in [0.5, 0.6) is 0 Å². The van der Waals surface area contributed by atoms with E-state index < -0.39 is 11.7 Å². The van der Waals surface area contributed by atoms with E-state index >= 15 is 0 Å². The molecule has 0 radical (unpaired) electrons. The Labute approximate surface area is 129 Å². The highest BCUT2D eigenvalue weighted by molar-refractivity contribution is 9.10. The van der Waals surface area contributed by atoms with E-state index in [2.05, 4.69) is 21.2 Å². The third-order valence-electron chi connectivity index (χ3n) is 3.59. The Morgan fingerprint density at radius 2 is 1.95 bits per heavy atom. The van der Waals surface area contributed by atoms with Crippen LogP contribution in [0.1, 0.15) is 25.3 Å². The lowest BCUT2D eigenvalue weighted by atomic mass is 10.0. The summed E-state index contributed by atoms with van der Waals surface area (Å²) in [5, 5.41) is 3.14. The summed E-state index contributed by atoms with van der Waals surface area (Å²) >= 11 is 3.26. The molecule has 1 N–H and O–H groups in total. The van der Waals surface area contributed by atoms with Crippen molar-refractivity contribution in [3.05, 3.63) is 28.2 Å². The minimum absolute atomic E-state index is 0.0358. The molecule has 2 rings (SSSR count). The van der Waals surface area contributed by atoms with Crippen molar-refractivity contribution in [2.24, 2.45) is 0 Å². The number of hydrogen-bond donors (Lipinski definition) is 1. The molecule has 21 heavy (non-hydrogen) atoms. The number of alkyl halides is 3. The molecule has 1 heterocycles. The van der Waals surface area contributed by atoms with Crippen molar-refractivity contribution in [2.75, 3.05) is 18.4 Å². The summed E-state index contributed by atoms with van der Waals surface area (Å²) in [6.45, 7) is 2.78. The van der Waals surface area contributed by atoms with Crippen molar-refractivity contribution in [1.29, 1.82) is 0 Å². The van der Waals surface area contributed by atoms with Crippen LogP contribution in [0.2, 0.25) is 0 Å². The fourth-order valence-corrected chi connectivity index (χ4v) is 2.73. The van der Waals surface area contributed by atoms with Gasteiger partial charge in [-0.1, -0.05) is 0 Å². The minimum atomic E-state index is -4.35. The first kappa shape index (κ1) is 16.1. The number of piperidine rings is 1. The molecule has 1 saturated heterocycles. The Bertz CT molecular complexity index is 525. The average molecular weight is 365 g/mol. The smallest absolute Gasteiger partial charge is 0.381 e. The number of nitrogens with zero attached hydrogens (tertiary/aromatic N) is 1. The van der Waals surface area contributed by atoms with E-state index in [0.29, 0.717) is 23.2 Å². The second-order valence-corrected chi connectivity index (χ2v) is 5.97. The van der Waals surface area contributed by atoms with Gasteiger partial charge in [-0.25, -0.2) is 0 Å². The summed E-state index contributed by atoms with van der Waals surface area (Å²) in [7, 11) is 0. The Hall–Kier alpha value is -1.24. The van der Waals surface area contributed by atoms with Crippen LogP contribution in [0.3, 0.4) is 0 Å². The standard InChI is InChI=1S/C14H16BrF3N2O/c1-9(21)20-6-4-11(5-7-20)19-13-8-10(14(16,17)18)2-3-12(13)15/h2-3,8,11,19H,4-7H2,1H3. The Morgan fingerprint density at radius 1 is 1.33 bits per heavy atom. The lowest BCUT2D eigenvalue weighted by molar-refractivity contribution is -0.137. The predicted octanol–water partition coefficient (Wildman–Crippen LogP) is 3.89. The molecule has 1 aliphatic rings. The molecule has 3 nitrogen and oxygen atoms in total. The Morgan fingerprint density at radius 3 is 2.48 bits per heavy atom. The Kier molecular flexibility index (Phi) is 4.81. The fraction of sp³-hybridized carbons (Fsp3) is 0.500. The summed E-state index contributed by atoms with van der Waals surface area (Å²) in [5.74, 6) is 0.0358. The zero-order valence-electron chi connectivity index (χ0n) is 11.5. The van der Waals surface area contributed by atoms with E-state index in [1.807, 2.05) is 0 Å². The molecule has 0 unspecified atom stereocenters. The molecule has 0 atom stereocenters. The summed E-state index contributed by atoms with van der Waals surface area (Å²) < 4.78 is 38.8. The molecule has 0 saturated carbocycles. The molecule has 1 amide bonds. The number of nitrogens with one attached hydrogen (secondary N) is 1. The highest BCUT2D eigenvalue weighted by Gasteiger charge is 2.31. The first-order chi connectivity index (χ1) is 9.77. The number of halogens is 4. The predicted molar refractivity (Wildman–Crippen MR) is 78.0 cm³/mol. The molecular formula is C14H16BrF3N2O. The molecule has 1 aliphatic heterocycles. The molecule has 1 aromatic rings.